The van der Waals surface area contributed by atoms with Gasteiger partial charge in [0.2, 0.25) is 0 Å². The molecule has 0 aliphatic carbocycles. The van der Waals surface area contributed by atoms with E-state index in [4.69, 9.17) is 28.8 Å². The van der Waals surface area contributed by atoms with E-state index in [1.54, 1.807) is 0 Å². The fourth-order valence-corrected chi connectivity index (χ4v) is 2.99. The molecule has 0 radical (unpaired) electrons. The van der Waals surface area contributed by atoms with Crippen LogP contribution in [0.25, 0.3) is 11.1 Å². The van der Waals surface area contributed by atoms with Crippen LogP contribution in [0.4, 0.5) is 0 Å². The molecule has 4 heterocycles. The number of hydrogen-bond donors (Lipinski definition) is 2. The first-order valence-corrected chi connectivity index (χ1v) is 11.1. The summed E-state index contributed by atoms with van der Waals surface area (Å²) in [4.78, 5) is 31.4. The maximum Gasteiger partial charge on any atom is 0.414 e. The number of carbonyl (C=O) groups is 2. The highest BCUT2D eigenvalue weighted by molar-refractivity contribution is 6.27. The summed E-state index contributed by atoms with van der Waals surface area (Å²) in [5.74, 6) is -0.658. The maximum atomic E-state index is 9.10. The number of carboxylic acids is 2. The van der Waals surface area contributed by atoms with Crippen LogP contribution >= 0.6 is 0 Å². The Kier molecular flexibility index (Phi) is 10.6. The fourth-order valence-electron chi connectivity index (χ4n) is 2.99. The third kappa shape index (κ3) is 8.52. The molecule has 2 aliphatic rings. The van der Waals surface area contributed by atoms with Crippen molar-refractivity contribution in [2.45, 2.75) is 39.5 Å². The monoisotopic (exact) mass is 476 g/mol. The van der Waals surface area contributed by atoms with Crippen molar-refractivity contribution in [1.29, 1.82) is 0 Å². The molecule has 0 aromatic carbocycles. The molecule has 2 aromatic rings. The summed E-state index contributed by atoms with van der Waals surface area (Å²) in [6.45, 7) is 8.12. The Morgan fingerprint density at radius 2 is 1.21 bits per heavy atom. The Labute approximate surface area is 197 Å². The molecule has 12 heteroatoms. The molecule has 0 spiro atoms. The summed E-state index contributed by atoms with van der Waals surface area (Å²) < 4.78 is 10.4. The first-order valence-electron chi connectivity index (χ1n) is 11.1. The fraction of sp³-hybridized carbons (Fsp3) is 0.545. The molecule has 0 fully saturated rings. The standard InChI is InChI=1S/2C10H15N3O.C2H2O4/c2*1-3-9-11-10(14-12-9)8-4-6-13(2)7-5-8;3-1(4)2(5)6/h2*4H,3,5-7H2,1-2H3;(H,3,4)(H,5,6). The van der Waals surface area contributed by atoms with E-state index in [0.717, 1.165) is 63.5 Å². The lowest BCUT2D eigenvalue weighted by Crippen LogP contribution is -2.23. The Bertz CT molecular complexity index is 931. The number of carboxylic acid groups (broad SMARTS) is 2. The smallest absolute Gasteiger partial charge is 0.414 e. The highest BCUT2D eigenvalue weighted by Crippen LogP contribution is 2.20. The average Bonchev–Trinajstić information content (AvgIpc) is 3.51. The number of aliphatic carboxylic acids is 2. The topological polar surface area (TPSA) is 159 Å². The molecule has 2 aromatic heterocycles. The lowest BCUT2D eigenvalue weighted by atomic mass is 10.1. The number of aromatic nitrogens is 4. The van der Waals surface area contributed by atoms with Crippen LogP contribution in [0.2, 0.25) is 0 Å². The van der Waals surface area contributed by atoms with Crippen LogP contribution < -0.4 is 0 Å². The van der Waals surface area contributed by atoms with Gasteiger partial charge in [0.25, 0.3) is 11.8 Å². The van der Waals surface area contributed by atoms with Gasteiger partial charge in [-0.25, -0.2) is 9.59 Å². The molecular formula is C22H32N6O6. The third-order valence-corrected chi connectivity index (χ3v) is 5.13. The minimum atomic E-state index is -1.82. The summed E-state index contributed by atoms with van der Waals surface area (Å²) in [6, 6.07) is 0. The van der Waals surface area contributed by atoms with E-state index in [1.807, 2.05) is 13.8 Å². The Morgan fingerprint density at radius 1 is 0.824 bits per heavy atom. The number of rotatable bonds is 4. The summed E-state index contributed by atoms with van der Waals surface area (Å²) in [6.07, 6.45) is 7.99. The molecule has 0 bridgehead atoms. The minimum Gasteiger partial charge on any atom is -0.473 e. The molecule has 0 saturated heterocycles. The second kappa shape index (κ2) is 13.4. The van der Waals surface area contributed by atoms with Gasteiger partial charge in [-0.1, -0.05) is 36.3 Å². The van der Waals surface area contributed by atoms with Gasteiger partial charge in [0.1, 0.15) is 0 Å². The molecular weight excluding hydrogens is 444 g/mol. The summed E-state index contributed by atoms with van der Waals surface area (Å²) in [7, 11) is 4.22. The number of nitrogens with zero attached hydrogens (tertiary/aromatic N) is 6. The molecule has 2 N–H and O–H groups in total. The zero-order valence-corrected chi connectivity index (χ0v) is 20.0. The predicted octanol–water partition coefficient (Wildman–Crippen LogP) is 1.86. The first-order chi connectivity index (χ1) is 16.2. The van der Waals surface area contributed by atoms with E-state index in [0.29, 0.717) is 11.8 Å². The van der Waals surface area contributed by atoms with Crippen LogP contribution in [0.15, 0.2) is 21.2 Å². The van der Waals surface area contributed by atoms with Crippen LogP contribution in [0.3, 0.4) is 0 Å². The van der Waals surface area contributed by atoms with E-state index >= 15 is 0 Å². The van der Waals surface area contributed by atoms with E-state index in [1.165, 1.54) is 11.1 Å². The number of aryl methyl sites for hydroxylation is 2. The normalized spacial score (nSPS) is 16.4. The van der Waals surface area contributed by atoms with Gasteiger partial charge in [0.05, 0.1) is 0 Å². The Hall–Kier alpha value is -3.38. The van der Waals surface area contributed by atoms with E-state index in [2.05, 4.69) is 56.3 Å². The lowest BCUT2D eigenvalue weighted by molar-refractivity contribution is -0.159. The second-order valence-corrected chi connectivity index (χ2v) is 7.83. The van der Waals surface area contributed by atoms with Crippen LogP contribution in [0.5, 0.6) is 0 Å². The molecule has 0 atom stereocenters. The molecule has 0 saturated carbocycles. The van der Waals surface area contributed by atoms with Crippen molar-refractivity contribution in [3.05, 3.63) is 35.6 Å². The van der Waals surface area contributed by atoms with E-state index in [-0.39, 0.29) is 0 Å². The van der Waals surface area contributed by atoms with Crippen molar-refractivity contribution < 1.29 is 28.8 Å². The van der Waals surface area contributed by atoms with Crippen LogP contribution in [-0.4, -0.2) is 92.5 Å². The molecule has 0 unspecified atom stereocenters. The SMILES string of the molecule is CCc1noc(C2=CCN(C)CC2)n1.CCc1noc(C2=CCN(C)CC2)n1.O=C(O)C(=O)O. The highest BCUT2D eigenvalue weighted by atomic mass is 16.5. The van der Waals surface area contributed by atoms with Gasteiger partial charge in [-0.15, -0.1) is 0 Å². The predicted molar refractivity (Wildman–Crippen MR) is 123 cm³/mol. The Morgan fingerprint density at radius 3 is 1.44 bits per heavy atom. The van der Waals surface area contributed by atoms with Gasteiger partial charge in [-0.05, 0) is 26.9 Å². The van der Waals surface area contributed by atoms with Crippen molar-refractivity contribution >= 4 is 23.1 Å². The first kappa shape index (κ1) is 26.9. The molecule has 34 heavy (non-hydrogen) atoms. The highest BCUT2D eigenvalue weighted by Gasteiger charge is 2.16. The molecule has 4 rings (SSSR count). The van der Waals surface area contributed by atoms with Crippen molar-refractivity contribution in [2.24, 2.45) is 0 Å². The lowest BCUT2D eigenvalue weighted by Gasteiger charge is -2.19. The van der Waals surface area contributed by atoms with E-state index in [9.17, 15) is 0 Å². The minimum absolute atomic E-state index is 0.704. The van der Waals surface area contributed by atoms with Crippen molar-refractivity contribution in [1.82, 2.24) is 30.1 Å². The van der Waals surface area contributed by atoms with Crippen LogP contribution in [0, 0.1) is 0 Å². The largest absolute Gasteiger partial charge is 0.473 e. The zero-order valence-electron chi connectivity index (χ0n) is 20.0. The Balaban J connectivity index is 0.000000196. The van der Waals surface area contributed by atoms with E-state index < -0.39 is 11.9 Å². The third-order valence-electron chi connectivity index (χ3n) is 5.13. The number of hydrogen-bond acceptors (Lipinski definition) is 10. The zero-order chi connectivity index (χ0) is 25.1. The molecule has 186 valence electrons. The van der Waals surface area contributed by atoms with Gasteiger partial charge in [0.15, 0.2) is 11.6 Å². The quantitative estimate of drug-likeness (QED) is 0.618. The summed E-state index contributed by atoms with van der Waals surface area (Å²) in [5, 5.41) is 22.6. The van der Waals surface area contributed by atoms with Crippen molar-refractivity contribution in [2.75, 3.05) is 40.3 Å². The summed E-state index contributed by atoms with van der Waals surface area (Å²) >= 11 is 0. The van der Waals surface area contributed by atoms with Crippen LogP contribution in [-0.2, 0) is 22.4 Å². The maximum absolute atomic E-state index is 9.10. The number of likely N-dealkylation sites (N-methyl/N-ethyl adjacent to an activating group) is 2. The summed E-state index contributed by atoms with van der Waals surface area (Å²) in [5.41, 5.74) is 2.38. The van der Waals surface area contributed by atoms with Gasteiger partial charge in [-0.2, -0.15) is 9.97 Å². The van der Waals surface area contributed by atoms with Crippen molar-refractivity contribution in [3.8, 4) is 0 Å². The van der Waals surface area contributed by atoms with Gasteiger partial charge >= 0.3 is 11.9 Å². The molecule has 2 aliphatic heterocycles. The van der Waals surface area contributed by atoms with Crippen LogP contribution in [0.1, 0.15) is 50.1 Å². The van der Waals surface area contributed by atoms with Crippen molar-refractivity contribution in [3.63, 3.8) is 0 Å². The van der Waals surface area contributed by atoms with Gasteiger partial charge < -0.3 is 29.1 Å². The van der Waals surface area contributed by atoms with Gasteiger partial charge in [-0.3, -0.25) is 0 Å². The van der Waals surface area contributed by atoms with Gasteiger partial charge in [0, 0.05) is 50.2 Å². The average molecular weight is 477 g/mol. The second-order valence-electron chi connectivity index (χ2n) is 7.83. The molecule has 0 amide bonds. The molecule has 12 nitrogen and oxygen atoms in total.